The van der Waals surface area contributed by atoms with Crippen molar-refractivity contribution in [3.8, 4) is 0 Å². The van der Waals surface area contributed by atoms with Gasteiger partial charge in [0.25, 0.3) is 0 Å². The van der Waals surface area contributed by atoms with E-state index < -0.39 is 7.82 Å². The molecule has 0 saturated heterocycles. The average Bonchev–Trinajstić information content (AvgIpc) is 2.48. The molecule has 0 N–H and O–H groups in total. The van der Waals surface area contributed by atoms with Crippen molar-refractivity contribution in [1.29, 1.82) is 0 Å². The van der Waals surface area contributed by atoms with E-state index >= 15 is 0 Å². The van der Waals surface area contributed by atoms with Gasteiger partial charge in [-0.05, 0) is 6.42 Å². The van der Waals surface area contributed by atoms with Crippen LogP contribution >= 0.6 is 31.6 Å². The van der Waals surface area contributed by atoms with Crippen molar-refractivity contribution >= 4 is 31.6 Å². The van der Waals surface area contributed by atoms with Crippen molar-refractivity contribution < 1.29 is 17.2 Å². The molecule has 0 aliphatic heterocycles. The summed E-state index contributed by atoms with van der Waals surface area (Å²) in [5.41, 5.74) is 0. The summed E-state index contributed by atoms with van der Waals surface area (Å²) in [6.07, 6.45) is 13.6. The summed E-state index contributed by atoms with van der Waals surface area (Å²) >= 11 is 9.91. The van der Waals surface area contributed by atoms with Gasteiger partial charge in [0, 0.05) is 0 Å². The predicted molar refractivity (Wildman–Crippen MR) is 83.9 cm³/mol. The molecule has 0 unspecified atom stereocenters. The zero-order chi connectivity index (χ0) is 15.1. The Morgan fingerprint density at radius 3 is 1.55 bits per heavy atom. The van der Waals surface area contributed by atoms with Crippen molar-refractivity contribution in [1.82, 2.24) is 0 Å². The quantitative estimate of drug-likeness (QED) is 0.242. The fourth-order valence-corrected chi connectivity index (χ4v) is 2.94. The van der Waals surface area contributed by atoms with Gasteiger partial charge in [-0.15, -0.1) is 0 Å². The molecule has 7 heteroatoms. The number of rotatable bonds is 15. The average molecular weight is 349 g/mol. The van der Waals surface area contributed by atoms with Crippen LogP contribution in [0.25, 0.3) is 0 Å². The van der Waals surface area contributed by atoms with Gasteiger partial charge in [0.15, 0.2) is 0 Å². The summed E-state index contributed by atoms with van der Waals surface area (Å²) in [7, 11) is -3.73. The molecule has 4 nitrogen and oxygen atoms in total. The summed E-state index contributed by atoms with van der Waals surface area (Å²) in [6, 6.07) is 0. The molecule has 0 aromatic heterocycles. The van der Waals surface area contributed by atoms with Crippen molar-refractivity contribution in [2.75, 3.05) is 6.61 Å². The highest BCUT2D eigenvalue weighted by Gasteiger charge is 2.26. The van der Waals surface area contributed by atoms with E-state index in [1.54, 1.807) is 0 Å². The molecule has 0 atom stereocenters. The monoisotopic (exact) mass is 348 g/mol. The van der Waals surface area contributed by atoms with Crippen LogP contribution < -0.4 is 0 Å². The van der Waals surface area contributed by atoms with E-state index in [-0.39, 0.29) is 6.61 Å². The molecule has 0 amide bonds. The third-order valence-corrected chi connectivity index (χ3v) is 5.02. The second-order valence-electron chi connectivity index (χ2n) is 4.95. The first-order chi connectivity index (χ1) is 9.68. The largest absolute Gasteiger partial charge is 0.507 e. The molecule has 0 aromatic carbocycles. The van der Waals surface area contributed by atoms with Crippen LogP contribution in [0.3, 0.4) is 0 Å². The van der Waals surface area contributed by atoms with E-state index in [1.807, 2.05) is 0 Å². The SMILES string of the molecule is CCCCCCCCCCCCCOP(=O)(OCl)OCl. The van der Waals surface area contributed by atoms with Gasteiger partial charge in [0.05, 0.1) is 30.3 Å². The second-order valence-corrected chi connectivity index (χ2v) is 7.21. The number of unbranched alkanes of at least 4 members (excludes halogenated alkanes) is 10. The van der Waals surface area contributed by atoms with E-state index in [0.29, 0.717) is 0 Å². The maximum absolute atomic E-state index is 11.3. The Kier molecular flexibility index (Phi) is 15.1. The summed E-state index contributed by atoms with van der Waals surface area (Å²) in [5, 5.41) is 0. The van der Waals surface area contributed by atoms with Crippen molar-refractivity contribution in [2.45, 2.75) is 77.6 Å². The highest BCUT2D eigenvalue weighted by molar-refractivity contribution is 7.50. The van der Waals surface area contributed by atoms with Gasteiger partial charge in [-0.25, -0.2) is 4.57 Å². The van der Waals surface area contributed by atoms with E-state index in [2.05, 4.69) is 15.1 Å². The fraction of sp³-hybridized carbons (Fsp3) is 1.00. The molecule has 0 heterocycles. The normalized spacial score (nSPS) is 11.9. The topological polar surface area (TPSA) is 44.8 Å². The molecule has 0 radical (unpaired) electrons. The fourth-order valence-electron chi connectivity index (χ4n) is 1.99. The van der Waals surface area contributed by atoms with Gasteiger partial charge in [-0.2, -0.15) is 8.15 Å². The Bertz CT molecular complexity index is 247. The van der Waals surface area contributed by atoms with Crippen LogP contribution in [0.15, 0.2) is 0 Å². The minimum absolute atomic E-state index is 0.272. The molecule has 0 saturated carbocycles. The Hall–Kier alpha value is 0.690. The van der Waals surface area contributed by atoms with Crippen LogP contribution in [0.2, 0.25) is 0 Å². The molecule has 0 aliphatic rings. The maximum atomic E-state index is 11.3. The van der Waals surface area contributed by atoms with Crippen LogP contribution in [0.4, 0.5) is 0 Å². The lowest BCUT2D eigenvalue weighted by molar-refractivity contribution is 0.214. The lowest BCUT2D eigenvalue weighted by atomic mass is 10.1. The lowest BCUT2D eigenvalue weighted by Crippen LogP contribution is -1.94. The van der Waals surface area contributed by atoms with Crippen LogP contribution in [-0.4, -0.2) is 6.61 Å². The third-order valence-electron chi connectivity index (χ3n) is 3.17. The maximum Gasteiger partial charge on any atom is 0.507 e. The zero-order valence-corrected chi connectivity index (χ0v) is 14.7. The minimum atomic E-state index is -3.73. The predicted octanol–water partition coefficient (Wildman–Crippen LogP) is 6.76. The smallest absolute Gasteiger partial charge is 0.285 e. The molecular formula is C13H27Cl2O4P. The van der Waals surface area contributed by atoms with Gasteiger partial charge in [-0.3, -0.25) is 4.52 Å². The number of hydrogen-bond acceptors (Lipinski definition) is 4. The molecule has 122 valence electrons. The summed E-state index contributed by atoms with van der Waals surface area (Å²) < 4.78 is 24.2. The summed E-state index contributed by atoms with van der Waals surface area (Å²) in [4.78, 5) is 0. The van der Waals surface area contributed by atoms with E-state index in [9.17, 15) is 4.57 Å². The third kappa shape index (κ3) is 12.4. The van der Waals surface area contributed by atoms with E-state index in [0.717, 1.165) is 19.3 Å². The number of phosphoric acid groups is 1. The Labute approximate surface area is 133 Å². The van der Waals surface area contributed by atoms with E-state index in [1.165, 1.54) is 51.4 Å². The van der Waals surface area contributed by atoms with Crippen LogP contribution in [-0.2, 0) is 17.2 Å². The van der Waals surface area contributed by atoms with Gasteiger partial charge >= 0.3 is 7.82 Å². The van der Waals surface area contributed by atoms with Crippen molar-refractivity contribution in [3.05, 3.63) is 0 Å². The first-order valence-corrected chi connectivity index (χ1v) is 9.61. The molecular weight excluding hydrogens is 322 g/mol. The lowest BCUT2D eigenvalue weighted by Gasteiger charge is -2.09. The highest BCUT2D eigenvalue weighted by atomic mass is 35.5. The zero-order valence-electron chi connectivity index (χ0n) is 12.3. The second kappa shape index (κ2) is 14.6. The molecule has 0 spiro atoms. The molecule has 0 fully saturated rings. The van der Waals surface area contributed by atoms with Gasteiger partial charge in [0.2, 0.25) is 0 Å². The van der Waals surface area contributed by atoms with Crippen molar-refractivity contribution in [3.63, 3.8) is 0 Å². The minimum Gasteiger partial charge on any atom is -0.285 e. The van der Waals surface area contributed by atoms with Crippen molar-refractivity contribution in [2.24, 2.45) is 0 Å². The Balaban J connectivity index is 3.19. The van der Waals surface area contributed by atoms with Crippen LogP contribution in [0.5, 0.6) is 0 Å². The van der Waals surface area contributed by atoms with Gasteiger partial charge in [-0.1, -0.05) is 71.1 Å². The van der Waals surface area contributed by atoms with Crippen LogP contribution in [0, 0.1) is 0 Å². The van der Waals surface area contributed by atoms with Crippen LogP contribution in [0.1, 0.15) is 77.6 Å². The molecule has 0 aliphatic carbocycles. The summed E-state index contributed by atoms with van der Waals surface area (Å²) in [6.45, 7) is 2.51. The number of hydrogen-bond donors (Lipinski definition) is 0. The standard InChI is InChI=1S/C13H27Cl2O4P/c1-2-3-4-5-6-7-8-9-10-11-12-13-17-20(16,18-14)19-15/h2-13H2,1H3. The van der Waals surface area contributed by atoms with Gasteiger partial charge in [0.1, 0.15) is 0 Å². The number of halogens is 2. The first kappa shape index (κ1) is 20.7. The van der Waals surface area contributed by atoms with Gasteiger partial charge < -0.3 is 0 Å². The highest BCUT2D eigenvalue weighted by Crippen LogP contribution is 2.51. The van der Waals surface area contributed by atoms with E-state index in [4.69, 9.17) is 28.3 Å². The molecule has 0 rings (SSSR count). The molecule has 0 aromatic rings. The summed E-state index contributed by atoms with van der Waals surface area (Å²) in [5.74, 6) is 0. The first-order valence-electron chi connectivity index (χ1n) is 7.53. The Morgan fingerprint density at radius 1 is 0.750 bits per heavy atom. The molecule has 0 bridgehead atoms. The Morgan fingerprint density at radius 2 is 1.15 bits per heavy atom. The molecule has 20 heavy (non-hydrogen) atoms.